The van der Waals surface area contributed by atoms with Gasteiger partial charge < -0.3 is 10.2 Å². The van der Waals surface area contributed by atoms with E-state index >= 15 is 0 Å². The molecule has 7 nitrogen and oxygen atoms in total. The number of amides is 2. The molecular weight excluding hydrogens is 593 g/mol. The maximum absolute atomic E-state index is 14.0. The Hall–Kier alpha value is -2.78. The minimum absolute atomic E-state index is 0.0186. The molecular formula is C29H32Cl3N3O4S. The summed E-state index contributed by atoms with van der Waals surface area (Å²) >= 11 is 19.0. The summed E-state index contributed by atoms with van der Waals surface area (Å²) in [6, 6.07) is 16.5. The van der Waals surface area contributed by atoms with Gasteiger partial charge in [0, 0.05) is 22.6 Å². The molecule has 214 valence electrons. The van der Waals surface area contributed by atoms with Gasteiger partial charge in [0.05, 0.1) is 15.6 Å². The molecule has 0 saturated heterocycles. The molecule has 0 heterocycles. The maximum Gasteiger partial charge on any atom is 0.264 e. The van der Waals surface area contributed by atoms with E-state index in [4.69, 9.17) is 34.8 Å². The first-order chi connectivity index (χ1) is 18.8. The van der Waals surface area contributed by atoms with Crippen molar-refractivity contribution in [2.24, 2.45) is 0 Å². The zero-order valence-electron chi connectivity index (χ0n) is 22.7. The van der Waals surface area contributed by atoms with E-state index in [-0.39, 0.29) is 39.1 Å². The number of rotatable bonds is 11. The summed E-state index contributed by atoms with van der Waals surface area (Å²) in [5.41, 5.74) is 1.52. The van der Waals surface area contributed by atoms with E-state index in [2.05, 4.69) is 5.32 Å². The Kier molecular flexibility index (Phi) is 10.9. The van der Waals surface area contributed by atoms with Crippen molar-refractivity contribution in [1.29, 1.82) is 0 Å². The fourth-order valence-corrected chi connectivity index (χ4v) is 5.94. The second kappa shape index (κ2) is 13.7. The second-order valence-electron chi connectivity index (χ2n) is 9.53. The highest BCUT2D eigenvalue weighted by molar-refractivity contribution is 7.92. The highest BCUT2D eigenvalue weighted by Crippen LogP contribution is 2.33. The fourth-order valence-electron chi connectivity index (χ4n) is 3.89. The van der Waals surface area contributed by atoms with Gasteiger partial charge in [0.25, 0.3) is 10.0 Å². The van der Waals surface area contributed by atoms with Crippen molar-refractivity contribution in [1.82, 2.24) is 10.2 Å². The molecule has 11 heteroatoms. The first-order valence-corrected chi connectivity index (χ1v) is 15.3. The summed E-state index contributed by atoms with van der Waals surface area (Å²) in [4.78, 5) is 28.4. The summed E-state index contributed by atoms with van der Waals surface area (Å²) in [7, 11) is -4.27. The molecule has 0 fully saturated rings. The predicted octanol–water partition coefficient (Wildman–Crippen LogP) is 6.48. The zero-order valence-corrected chi connectivity index (χ0v) is 25.8. The molecule has 0 aliphatic heterocycles. The summed E-state index contributed by atoms with van der Waals surface area (Å²) in [6.45, 7) is 6.57. The monoisotopic (exact) mass is 623 g/mol. The predicted molar refractivity (Wildman–Crippen MR) is 162 cm³/mol. The van der Waals surface area contributed by atoms with Gasteiger partial charge in [-0.3, -0.25) is 13.9 Å². The summed E-state index contributed by atoms with van der Waals surface area (Å²) in [5, 5.41) is 3.64. The fraction of sp³-hybridized carbons (Fsp3) is 0.310. The van der Waals surface area contributed by atoms with Crippen molar-refractivity contribution in [2.45, 2.75) is 57.6 Å². The van der Waals surface area contributed by atoms with E-state index in [1.165, 1.54) is 35.2 Å². The van der Waals surface area contributed by atoms with Crippen LogP contribution in [-0.4, -0.2) is 43.8 Å². The Morgan fingerprint density at radius 3 is 2.20 bits per heavy atom. The molecule has 0 unspecified atom stereocenters. The number of anilines is 1. The number of nitrogens with one attached hydrogen (secondary N) is 1. The van der Waals surface area contributed by atoms with E-state index in [9.17, 15) is 18.0 Å². The lowest BCUT2D eigenvalue weighted by molar-refractivity contribution is -0.139. The highest BCUT2D eigenvalue weighted by atomic mass is 35.5. The van der Waals surface area contributed by atoms with Crippen LogP contribution in [0, 0.1) is 6.92 Å². The van der Waals surface area contributed by atoms with Gasteiger partial charge in [0.2, 0.25) is 11.8 Å². The third kappa shape index (κ3) is 7.69. The Balaban J connectivity index is 2.08. The van der Waals surface area contributed by atoms with Crippen LogP contribution in [0.1, 0.15) is 38.3 Å². The van der Waals surface area contributed by atoms with Crippen LogP contribution in [0.4, 0.5) is 5.69 Å². The quantitative estimate of drug-likeness (QED) is 0.265. The molecule has 0 aromatic heterocycles. The van der Waals surface area contributed by atoms with E-state index in [0.29, 0.717) is 17.0 Å². The lowest BCUT2D eigenvalue weighted by atomic mass is 10.1. The molecule has 3 aromatic carbocycles. The molecule has 2 amide bonds. The van der Waals surface area contributed by atoms with E-state index in [0.717, 1.165) is 9.87 Å². The van der Waals surface area contributed by atoms with Crippen LogP contribution in [0.2, 0.25) is 15.1 Å². The van der Waals surface area contributed by atoms with Crippen LogP contribution in [0.3, 0.4) is 0 Å². The lowest BCUT2D eigenvalue weighted by Gasteiger charge is -2.33. The van der Waals surface area contributed by atoms with Crippen molar-refractivity contribution < 1.29 is 18.0 Å². The van der Waals surface area contributed by atoms with Gasteiger partial charge in [-0.1, -0.05) is 77.6 Å². The number of carbonyl (C=O) groups is 2. The molecule has 0 radical (unpaired) electrons. The standard InChI is InChI=1S/C29H32Cl3N3O4S/c1-5-20(3)33-29(37)21(4)34(17-22-8-6-7-9-25(22)31)28(36)18-35(27-16-23(30)12-15-26(27)32)40(38,39)24-13-10-19(2)11-14-24/h6-16,20-21H,5,17-18H2,1-4H3,(H,33,37)/t20-,21-/m0/s1. The number of benzene rings is 3. The minimum Gasteiger partial charge on any atom is -0.352 e. The summed E-state index contributed by atoms with van der Waals surface area (Å²) in [5.74, 6) is -0.998. The van der Waals surface area contributed by atoms with Gasteiger partial charge in [-0.25, -0.2) is 8.42 Å². The molecule has 2 atom stereocenters. The number of hydrogen-bond donors (Lipinski definition) is 1. The minimum atomic E-state index is -4.27. The Labute approximate surface area is 251 Å². The molecule has 0 bridgehead atoms. The van der Waals surface area contributed by atoms with Gasteiger partial charge in [0.1, 0.15) is 12.6 Å². The highest BCUT2D eigenvalue weighted by Gasteiger charge is 2.34. The van der Waals surface area contributed by atoms with E-state index in [1.54, 1.807) is 43.3 Å². The number of hydrogen-bond acceptors (Lipinski definition) is 4. The van der Waals surface area contributed by atoms with Crippen molar-refractivity contribution in [3.05, 3.63) is 92.9 Å². The van der Waals surface area contributed by atoms with Crippen LogP contribution in [0.15, 0.2) is 71.6 Å². The van der Waals surface area contributed by atoms with Crippen LogP contribution >= 0.6 is 34.8 Å². The van der Waals surface area contributed by atoms with Gasteiger partial charge in [0.15, 0.2) is 0 Å². The third-order valence-electron chi connectivity index (χ3n) is 6.53. The molecule has 1 N–H and O–H groups in total. The average molecular weight is 625 g/mol. The SMILES string of the molecule is CC[C@H](C)NC(=O)[C@H](C)N(Cc1ccccc1Cl)C(=O)CN(c1cc(Cl)ccc1Cl)S(=O)(=O)c1ccc(C)cc1. The molecule has 40 heavy (non-hydrogen) atoms. The van der Waals surface area contributed by atoms with Crippen LogP contribution in [-0.2, 0) is 26.2 Å². The van der Waals surface area contributed by atoms with Gasteiger partial charge in [-0.05, 0) is 69.2 Å². The zero-order chi connectivity index (χ0) is 29.6. The number of carbonyl (C=O) groups excluding carboxylic acids is 2. The van der Waals surface area contributed by atoms with Crippen molar-refractivity contribution in [3.8, 4) is 0 Å². The van der Waals surface area contributed by atoms with Crippen molar-refractivity contribution in [3.63, 3.8) is 0 Å². The number of nitrogens with zero attached hydrogens (tertiary/aromatic N) is 2. The molecule has 3 aromatic rings. The topological polar surface area (TPSA) is 86.8 Å². The normalized spacial score (nSPS) is 12.9. The largest absolute Gasteiger partial charge is 0.352 e. The first kappa shape index (κ1) is 31.7. The smallest absolute Gasteiger partial charge is 0.264 e. The number of sulfonamides is 1. The average Bonchev–Trinajstić information content (AvgIpc) is 2.92. The number of aryl methyl sites for hydroxylation is 1. The third-order valence-corrected chi connectivity index (χ3v) is 9.23. The lowest BCUT2D eigenvalue weighted by Crippen LogP contribution is -2.52. The molecule has 0 spiro atoms. The van der Waals surface area contributed by atoms with Gasteiger partial charge in [-0.2, -0.15) is 0 Å². The van der Waals surface area contributed by atoms with Crippen LogP contribution in [0.25, 0.3) is 0 Å². The molecule has 3 rings (SSSR count). The van der Waals surface area contributed by atoms with Crippen molar-refractivity contribution in [2.75, 3.05) is 10.8 Å². The molecule has 0 aliphatic rings. The van der Waals surface area contributed by atoms with Gasteiger partial charge >= 0.3 is 0 Å². The first-order valence-electron chi connectivity index (χ1n) is 12.7. The Morgan fingerprint density at radius 1 is 0.925 bits per heavy atom. The van der Waals surface area contributed by atoms with Crippen molar-refractivity contribution >= 4 is 62.3 Å². The van der Waals surface area contributed by atoms with Crippen LogP contribution < -0.4 is 9.62 Å². The summed E-state index contributed by atoms with van der Waals surface area (Å²) in [6.07, 6.45) is 0.701. The Morgan fingerprint density at radius 2 is 1.57 bits per heavy atom. The summed E-state index contributed by atoms with van der Waals surface area (Å²) < 4.78 is 28.8. The van der Waals surface area contributed by atoms with Crippen LogP contribution in [0.5, 0.6) is 0 Å². The molecule has 0 saturated carbocycles. The van der Waals surface area contributed by atoms with Gasteiger partial charge in [-0.15, -0.1) is 0 Å². The Bertz CT molecular complexity index is 1470. The maximum atomic E-state index is 14.0. The van der Waals surface area contributed by atoms with E-state index < -0.39 is 28.5 Å². The van der Waals surface area contributed by atoms with E-state index in [1.807, 2.05) is 20.8 Å². The number of halogens is 3. The second-order valence-corrected chi connectivity index (χ2v) is 12.6. The molecule has 0 aliphatic carbocycles.